The van der Waals surface area contributed by atoms with Gasteiger partial charge in [-0.05, 0) is 12.1 Å². The summed E-state index contributed by atoms with van der Waals surface area (Å²) in [6.07, 6.45) is 0.425. The summed E-state index contributed by atoms with van der Waals surface area (Å²) in [4.78, 5) is 11.1. The summed E-state index contributed by atoms with van der Waals surface area (Å²) in [6.45, 7) is 4.46. The van der Waals surface area contributed by atoms with Gasteiger partial charge in [0.05, 0.1) is 18.7 Å². The molecule has 1 N–H and O–H groups in total. The molecule has 0 aliphatic carbocycles. The van der Waals surface area contributed by atoms with Gasteiger partial charge >= 0.3 is 0 Å². The minimum absolute atomic E-state index is 0. The second kappa shape index (κ2) is 5.27. The van der Waals surface area contributed by atoms with Crippen LogP contribution in [0.4, 0.5) is 5.69 Å². The Morgan fingerprint density at radius 1 is 1.36 bits per heavy atom. The standard InChI is InChI=1S/C9H9NO2.C2H6.H2/c11-9-5-6-12-8-4-2-1-3-7(8)10-9;1-2;/h1-4H,5-6H2,(H,10,11);1-2H3;1H. The SMILES string of the molecule is CC.O=C1CCOc2ccccc2N1.[HH]. The Bertz CT molecular complexity index is 315. The van der Waals surface area contributed by atoms with Gasteiger partial charge in [-0.15, -0.1) is 0 Å². The number of amides is 1. The molecule has 1 aliphatic heterocycles. The first-order valence-electron chi connectivity index (χ1n) is 4.88. The number of carbonyl (C=O) groups is 1. The van der Waals surface area contributed by atoms with E-state index >= 15 is 0 Å². The predicted molar refractivity (Wildman–Crippen MR) is 58.6 cm³/mol. The molecule has 1 heterocycles. The molecule has 1 amide bonds. The molecule has 3 heteroatoms. The van der Waals surface area contributed by atoms with E-state index in [1.165, 1.54) is 0 Å². The zero-order valence-electron chi connectivity index (χ0n) is 8.54. The highest BCUT2D eigenvalue weighted by molar-refractivity contribution is 5.92. The van der Waals surface area contributed by atoms with E-state index < -0.39 is 0 Å². The van der Waals surface area contributed by atoms with Gasteiger partial charge in [0.2, 0.25) is 5.91 Å². The van der Waals surface area contributed by atoms with E-state index in [2.05, 4.69) is 5.32 Å². The normalized spacial score (nSPS) is 13.7. The van der Waals surface area contributed by atoms with Gasteiger partial charge < -0.3 is 10.1 Å². The number of para-hydroxylation sites is 2. The fraction of sp³-hybridized carbons (Fsp3) is 0.364. The molecule has 0 saturated heterocycles. The Kier molecular flexibility index (Phi) is 3.98. The van der Waals surface area contributed by atoms with Crippen LogP contribution in [0.15, 0.2) is 24.3 Å². The molecule has 0 aromatic heterocycles. The van der Waals surface area contributed by atoms with Crippen LogP contribution in [-0.2, 0) is 4.79 Å². The monoisotopic (exact) mass is 195 g/mol. The summed E-state index contributed by atoms with van der Waals surface area (Å²) in [6, 6.07) is 7.43. The number of carbonyl (C=O) groups excluding carboxylic acids is 1. The predicted octanol–water partition coefficient (Wildman–Crippen LogP) is 2.68. The summed E-state index contributed by atoms with van der Waals surface area (Å²) in [5, 5.41) is 2.76. The van der Waals surface area contributed by atoms with E-state index in [9.17, 15) is 4.79 Å². The first-order valence-corrected chi connectivity index (χ1v) is 4.88. The molecule has 0 atom stereocenters. The summed E-state index contributed by atoms with van der Waals surface area (Å²) in [5.74, 6) is 0.767. The summed E-state index contributed by atoms with van der Waals surface area (Å²) in [7, 11) is 0. The van der Waals surface area contributed by atoms with Gasteiger partial charge in [0.15, 0.2) is 0 Å². The zero-order chi connectivity index (χ0) is 10.4. The van der Waals surface area contributed by atoms with E-state index in [0.717, 1.165) is 11.4 Å². The molecular formula is C11H17NO2. The van der Waals surface area contributed by atoms with Gasteiger partial charge in [0, 0.05) is 1.43 Å². The first-order chi connectivity index (χ1) is 6.86. The van der Waals surface area contributed by atoms with Crippen LogP contribution < -0.4 is 10.1 Å². The highest BCUT2D eigenvalue weighted by Crippen LogP contribution is 2.25. The Hall–Kier alpha value is -1.51. The lowest BCUT2D eigenvalue weighted by molar-refractivity contribution is -0.116. The maximum Gasteiger partial charge on any atom is 0.227 e. The zero-order valence-corrected chi connectivity index (χ0v) is 8.54. The molecule has 1 aromatic carbocycles. The molecule has 0 radical (unpaired) electrons. The van der Waals surface area contributed by atoms with E-state index in [4.69, 9.17) is 4.74 Å². The lowest BCUT2D eigenvalue weighted by Crippen LogP contribution is -2.10. The molecule has 0 unspecified atom stereocenters. The minimum atomic E-state index is 0. The van der Waals surface area contributed by atoms with Crippen molar-refractivity contribution >= 4 is 11.6 Å². The summed E-state index contributed by atoms with van der Waals surface area (Å²) < 4.78 is 5.34. The van der Waals surface area contributed by atoms with Crippen molar-refractivity contribution < 1.29 is 11.0 Å². The second-order valence-corrected chi connectivity index (χ2v) is 2.64. The smallest absolute Gasteiger partial charge is 0.227 e. The molecule has 0 fully saturated rings. The van der Waals surface area contributed by atoms with Gasteiger partial charge in [-0.2, -0.15) is 0 Å². The average Bonchev–Trinajstić information content (AvgIpc) is 2.41. The number of rotatable bonds is 0. The fourth-order valence-corrected chi connectivity index (χ4v) is 1.16. The molecule has 78 valence electrons. The van der Waals surface area contributed by atoms with E-state index in [0.29, 0.717) is 13.0 Å². The van der Waals surface area contributed by atoms with Crippen molar-refractivity contribution in [3.05, 3.63) is 24.3 Å². The second-order valence-electron chi connectivity index (χ2n) is 2.64. The van der Waals surface area contributed by atoms with Crippen molar-refractivity contribution in [3.8, 4) is 5.75 Å². The maximum absolute atomic E-state index is 11.1. The maximum atomic E-state index is 11.1. The molecule has 2 rings (SSSR count). The highest BCUT2D eigenvalue weighted by atomic mass is 16.5. The van der Waals surface area contributed by atoms with Crippen molar-refractivity contribution in [2.75, 3.05) is 11.9 Å². The van der Waals surface area contributed by atoms with Gasteiger partial charge in [-0.3, -0.25) is 4.79 Å². The summed E-state index contributed by atoms with van der Waals surface area (Å²) in [5.41, 5.74) is 0.764. The Morgan fingerprint density at radius 2 is 2.07 bits per heavy atom. The first kappa shape index (κ1) is 10.6. The highest BCUT2D eigenvalue weighted by Gasteiger charge is 2.11. The number of benzene rings is 1. The minimum Gasteiger partial charge on any atom is -0.491 e. The largest absolute Gasteiger partial charge is 0.491 e. The Morgan fingerprint density at radius 3 is 2.86 bits per heavy atom. The van der Waals surface area contributed by atoms with Crippen LogP contribution in [0.25, 0.3) is 0 Å². The van der Waals surface area contributed by atoms with Gasteiger partial charge in [0.1, 0.15) is 5.75 Å². The number of nitrogens with one attached hydrogen (secondary N) is 1. The third-order valence-electron chi connectivity index (χ3n) is 1.75. The Balaban J connectivity index is 0.000000617. The Labute approximate surface area is 85.6 Å². The van der Waals surface area contributed by atoms with Crippen LogP contribution >= 0.6 is 0 Å². The van der Waals surface area contributed by atoms with Crippen LogP contribution in [0.3, 0.4) is 0 Å². The molecule has 3 nitrogen and oxygen atoms in total. The number of hydrogen-bond donors (Lipinski definition) is 1. The molecule has 1 aliphatic rings. The van der Waals surface area contributed by atoms with Crippen LogP contribution in [0.2, 0.25) is 0 Å². The molecule has 0 saturated carbocycles. The molecule has 14 heavy (non-hydrogen) atoms. The topological polar surface area (TPSA) is 38.3 Å². The van der Waals surface area contributed by atoms with Crippen LogP contribution in [0, 0.1) is 0 Å². The van der Waals surface area contributed by atoms with Gasteiger partial charge in [-0.25, -0.2) is 0 Å². The van der Waals surface area contributed by atoms with Gasteiger partial charge in [-0.1, -0.05) is 26.0 Å². The van der Waals surface area contributed by atoms with Crippen molar-refractivity contribution in [1.82, 2.24) is 0 Å². The fourth-order valence-electron chi connectivity index (χ4n) is 1.16. The van der Waals surface area contributed by atoms with Crippen LogP contribution in [-0.4, -0.2) is 12.5 Å². The van der Waals surface area contributed by atoms with Crippen LogP contribution in [0.5, 0.6) is 5.75 Å². The lowest BCUT2D eigenvalue weighted by atomic mass is 10.3. The van der Waals surface area contributed by atoms with Crippen molar-refractivity contribution in [2.24, 2.45) is 0 Å². The number of ether oxygens (including phenoxy) is 1. The lowest BCUT2D eigenvalue weighted by Gasteiger charge is -2.04. The molecular weight excluding hydrogens is 178 g/mol. The number of hydrogen-bond acceptors (Lipinski definition) is 2. The quantitative estimate of drug-likeness (QED) is 0.691. The number of anilines is 1. The third kappa shape index (κ3) is 2.49. The van der Waals surface area contributed by atoms with E-state index in [-0.39, 0.29) is 7.33 Å². The van der Waals surface area contributed by atoms with E-state index in [1.54, 1.807) is 0 Å². The van der Waals surface area contributed by atoms with Crippen molar-refractivity contribution in [3.63, 3.8) is 0 Å². The molecule has 1 aromatic rings. The molecule has 0 bridgehead atoms. The molecule has 0 spiro atoms. The number of fused-ring (bicyclic) bond motifs is 1. The van der Waals surface area contributed by atoms with Crippen molar-refractivity contribution in [2.45, 2.75) is 20.3 Å². The van der Waals surface area contributed by atoms with Crippen molar-refractivity contribution in [1.29, 1.82) is 0 Å². The van der Waals surface area contributed by atoms with Gasteiger partial charge in [0.25, 0.3) is 0 Å². The summed E-state index contributed by atoms with van der Waals surface area (Å²) >= 11 is 0. The van der Waals surface area contributed by atoms with Crippen LogP contribution in [0.1, 0.15) is 21.7 Å². The average molecular weight is 195 g/mol. The third-order valence-corrected chi connectivity index (χ3v) is 1.75. The van der Waals surface area contributed by atoms with E-state index in [1.807, 2.05) is 38.1 Å².